The molecule has 8 nitrogen and oxygen atoms in total. The van der Waals surface area contributed by atoms with Gasteiger partial charge < -0.3 is 15.0 Å². The number of carbonyl (C=O) groups is 2. The van der Waals surface area contributed by atoms with E-state index in [1.165, 1.54) is 25.6 Å². The first kappa shape index (κ1) is 22.1. The Kier molecular flexibility index (Phi) is 5.13. The molecule has 1 fully saturated rings. The molecule has 1 N–H and O–H groups in total. The molecule has 1 aliphatic carbocycles. The molecule has 0 radical (unpaired) electrons. The van der Waals surface area contributed by atoms with Gasteiger partial charge in [0, 0.05) is 46.8 Å². The number of rotatable bonds is 4. The highest BCUT2D eigenvalue weighted by Gasteiger charge is 2.58. The molecule has 36 heavy (non-hydrogen) atoms. The Morgan fingerprint density at radius 3 is 2.72 bits per heavy atom. The number of fused-ring (bicyclic) bond motifs is 3. The molecule has 2 aliphatic rings. The molecule has 1 spiro atoms. The molecule has 2 aromatic carbocycles. The number of methoxy groups -OCH3 is 1. The van der Waals surface area contributed by atoms with Gasteiger partial charge in [0.2, 0.25) is 5.91 Å². The van der Waals surface area contributed by atoms with Crippen LogP contribution in [0, 0.1) is 5.82 Å². The number of anilines is 1. The minimum Gasteiger partial charge on any atom is -0.453 e. The summed E-state index contributed by atoms with van der Waals surface area (Å²) in [4.78, 5) is 40.3. The number of alkyl carbamates (subject to hydrolysis) is 1. The van der Waals surface area contributed by atoms with Crippen LogP contribution in [0.5, 0.6) is 0 Å². The zero-order valence-electron chi connectivity index (χ0n) is 19.4. The Labute approximate surface area is 206 Å². The Balaban J connectivity index is 1.41. The van der Waals surface area contributed by atoms with E-state index in [0.717, 1.165) is 27.8 Å². The average molecular weight is 484 g/mol. The second-order valence-corrected chi connectivity index (χ2v) is 9.17. The van der Waals surface area contributed by atoms with Crippen LogP contribution in [0.1, 0.15) is 24.1 Å². The van der Waals surface area contributed by atoms with Crippen molar-refractivity contribution >= 4 is 28.5 Å². The number of hydrogen-bond donors (Lipinski definition) is 1. The lowest BCUT2D eigenvalue weighted by atomic mass is 9.62. The van der Waals surface area contributed by atoms with Gasteiger partial charge in [0.25, 0.3) is 0 Å². The van der Waals surface area contributed by atoms with Crippen molar-refractivity contribution in [2.45, 2.75) is 30.8 Å². The molecule has 9 heteroatoms. The van der Waals surface area contributed by atoms with Crippen molar-refractivity contribution in [1.82, 2.24) is 20.3 Å². The summed E-state index contributed by atoms with van der Waals surface area (Å²) in [5.74, 6) is -0.374. The molecule has 0 saturated heterocycles. The number of nitrogens with zero attached hydrogens (tertiary/aromatic N) is 4. The third kappa shape index (κ3) is 3.38. The minimum absolute atomic E-state index is 0.0251. The minimum atomic E-state index is -0.696. The predicted molar refractivity (Wildman–Crippen MR) is 131 cm³/mol. The number of ether oxygens (including phenoxy) is 1. The lowest BCUT2D eigenvalue weighted by Gasteiger charge is -2.43. The van der Waals surface area contributed by atoms with Crippen LogP contribution in [0.2, 0.25) is 0 Å². The highest BCUT2D eigenvalue weighted by Crippen LogP contribution is 2.54. The van der Waals surface area contributed by atoms with E-state index in [2.05, 4.69) is 20.3 Å². The second-order valence-electron chi connectivity index (χ2n) is 9.17. The third-order valence-electron chi connectivity index (χ3n) is 7.15. The van der Waals surface area contributed by atoms with Crippen molar-refractivity contribution in [2.75, 3.05) is 12.0 Å². The third-order valence-corrected chi connectivity index (χ3v) is 7.15. The summed E-state index contributed by atoms with van der Waals surface area (Å²) in [5.41, 5.74) is 3.24. The van der Waals surface area contributed by atoms with Gasteiger partial charge in [0.05, 0.1) is 24.8 Å². The van der Waals surface area contributed by atoms with E-state index in [1.807, 2.05) is 24.3 Å². The maximum atomic E-state index is 13.9. The van der Waals surface area contributed by atoms with Crippen molar-refractivity contribution in [3.05, 3.63) is 84.5 Å². The van der Waals surface area contributed by atoms with Crippen LogP contribution in [0.4, 0.5) is 14.9 Å². The quantitative estimate of drug-likeness (QED) is 0.469. The number of para-hydroxylation sites is 1. The zero-order chi connectivity index (χ0) is 24.9. The Morgan fingerprint density at radius 1 is 1.17 bits per heavy atom. The first-order valence-corrected chi connectivity index (χ1v) is 11.6. The van der Waals surface area contributed by atoms with Gasteiger partial charge >= 0.3 is 6.09 Å². The molecule has 180 valence electrons. The van der Waals surface area contributed by atoms with Crippen LogP contribution in [0.25, 0.3) is 21.9 Å². The van der Waals surface area contributed by atoms with Crippen molar-refractivity contribution in [3.63, 3.8) is 0 Å². The fourth-order valence-corrected chi connectivity index (χ4v) is 5.51. The van der Waals surface area contributed by atoms with Crippen LogP contribution in [0.15, 0.2) is 67.4 Å². The second kappa shape index (κ2) is 8.37. The van der Waals surface area contributed by atoms with Gasteiger partial charge in [-0.05, 0) is 42.0 Å². The molecule has 2 aromatic heterocycles. The van der Waals surface area contributed by atoms with Crippen LogP contribution in [-0.4, -0.2) is 40.1 Å². The first-order valence-electron chi connectivity index (χ1n) is 11.6. The summed E-state index contributed by atoms with van der Waals surface area (Å²) in [6.07, 6.45) is 6.94. The van der Waals surface area contributed by atoms with Crippen LogP contribution in [-0.2, 0) is 21.5 Å². The predicted octanol–water partition coefficient (Wildman–Crippen LogP) is 4.13. The van der Waals surface area contributed by atoms with Crippen LogP contribution in [0.3, 0.4) is 0 Å². The standard InChI is InChI=1S/C27H22FN5O3/c1-36-26(35)32-19-9-27(10-19)21-4-2-3-5-23(21)33(25(27)34)14-22-24(17-11-29-15-30-12-17)20-7-6-18(28)8-16(20)13-31-22/h2-8,11-13,15,19H,9-10,14H2,1H3,(H,32,35). The molecule has 1 saturated carbocycles. The fourth-order valence-electron chi connectivity index (χ4n) is 5.51. The molecule has 0 bridgehead atoms. The van der Waals surface area contributed by atoms with E-state index in [-0.39, 0.29) is 24.3 Å². The number of benzene rings is 2. The fraction of sp³-hybridized carbons (Fsp3) is 0.222. The zero-order valence-corrected chi connectivity index (χ0v) is 19.4. The van der Waals surface area contributed by atoms with E-state index in [4.69, 9.17) is 4.74 Å². The monoisotopic (exact) mass is 483 g/mol. The molecule has 2 amide bonds. The SMILES string of the molecule is COC(=O)NC1CC2(C1)C(=O)N(Cc1ncc3cc(F)ccc3c1-c1cncnc1)c1ccccc12. The smallest absolute Gasteiger partial charge is 0.407 e. The average Bonchev–Trinajstić information content (AvgIpc) is 3.12. The molecule has 0 unspecified atom stereocenters. The van der Waals surface area contributed by atoms with Gasteiger partial charge in [-0.15, -0.1) is 0 Å². The lowest BCUT2D eigenvalue weighted by molar-refractivity contribution is -0.127. The highest BCUT2D eigenvalue weighted by atomic mass is 19.1. The number of pyridine rings is 1. The van der Waals surface area contributed by atoms with Gasteiger partial charge in [-0.1, -0.05) is 24.3 Å². The largest absolute Gasteiger partial charge is 0.453 e. The summed E-state index contributed by atoms with van der Waals surface area (Å²) in [5, 5.41) is 4.25. The first-order chi connectivity index (χ1) is 17.5. The number of nitrogens with one attached hydrogen (secondary N) is 1. The highest BCUT2D eigenvalue weighted by molar-refractivity contribution is 6.09. The van der Waals surface area contributed by atoms with Gasteiger partial charge in [-0.25, -0.2) is 19.2 Å². The van der Waals surface area contributed by atoms with Gasteiger partial charge in [0.15, 0.2) is 0 Å². The van der Waals surface area contributed by atoms with E-state index in [0.29, 0.717) is 23.9 Å². The van der Waals surface area contributed by atoms with Crippen LogP contribution < -0.4 is 10.2 Å². The summed E-state index contributed by atoms with van der Waals surface area (Å²) in [6, 6.07) is 12.2. The lowest BCUT2D eigenvalue weighted by Crippen LogP contribution is -2.57. The Hall–Kier alpha value is -4.40. The molecular formula is C27H22FN5O3. The summed E-state index contributed by atoms with van der Waals surface area (Å²) >= 11 is 0. The topological polar surface area (TPSA) is 97.3 Å². The number of amides is 2. The van der Waals surface area contributed by atoms with Crippen LogP contribution >= 0.6 is 0 Å². The van der Waals surface area contributed by atoms with Crippen molar-refractivity contribution < 1.29 is 18.7 Å². The van der Waals surface area contributed by atoms with Crippen molar-refractivity contribution in [1.29, 1.82) is 0 Å². The molecule has 4 aromatic rings. The number of halogens is 1. The van der Waals surface area contributed by atoms with Crippen molar-refractivity contribution in [2.24, 2.45) is 0 Å². The Bertz CT molecular complexity index is 1500. The molecular weight excluding hydrogens is 461 g/mol. The Morgan fingerprint density at radius 2 is 1.94 bits per heavy atom. The van der Waals surface area contributed by atoms with E-state index >= 15 is 0 Å². The molecule has 0 atom stereocenters. The summed E-state index contributed by atoms with van der Waals surface area (Å²) < 4.78 is 18.7. The van der Waals surface area contributed by atoms with E-state index in [9.17, 15) is 14.0 Å². The maximum Gasteiger partial charge on any atom is 0.407 e. The van der Waals surface area contributed by atoms with Crippen molar-refractivity contribution in [3.8, 4) is 11.1 Å². The van der Waals surface area contributed by atoms with E-state index in [1.54, 1.807) is 29.6 Å². The maximum absolute atomic E-state index is 13.9. The van der Waals surface area contributed by atoms with Gasteiger partial charge in [-0.2, -0.15) is 0 Å². The summed E-state index contributed by atoms with van der Waals surface area (Å²) in [6.45, 7) is 0.226. The molecule has 1 aliphatic heterocycles. The number of carbonyl (C=O) groups excluding carboxylic acids is 2. The molecule has 6 rings (SSSR count). The normalized spacial score (nSPS) is 20.3. The summed E-state index contributed by atoms with van der Waals surface area (Å²) in [7, 11) is 1.32. The number of hydrogen-bond acceptors (Lipinski definition) is 6. The van der Waals surface area contributed by atoms with Gasteiger partial charge in [0.1, 0.15) is 12.1 Å². The molecule has 3 heterocycles. The van der Waals surface area contributed by atoms with E-state index < -0.39 is 11.5 Å². The number of aromatic nitrogens is 3. The van der Waals surface area contributed by atoms with Gasteiger partial charge in [-0.3, -0.25) is 9.78 Å².